The van der Waals surface area contributed by atoms with Gasteiger partial charge in [-0.05, 0) is 18.2 Å². The molecule has 0 radical (unpaired) electrons. The number of rotatable bonds is 1. The summed E-state index contributed by atoms with van der Waals surface area (Å²) in [6.45, 7) is 0.906. The molecular formula is C15H10BrF3N4O. The Balaban J connectivity index is 1.87. The zero-order valence-electron chi connectivity index (χ0n) is 12.1. The summed E-state index contributed by atoms with van der Waals surface area (Å²) in [5.74, 6) is 1.21. The molecule has 0 bridgehead atoms. The maximum absolute atomic E-state index is 13.1. The zero-order valence-corrected chi connectivity index (χ0v) is 13.6. The number of ether oxygens (including phenoxy) is 1. The van der Waals surface area contributed by atoms with E-state index in [2.05, 4.69) is 26.0 Å². The molecule has 24 heavy (non-hydrogen) atoms. The number of hydrogen-bond acceptors (Lipinski definition) is 3. The first-order valence-corrected chi connectivity index (χ1v) is 7.83. The summed E-state index contributed by atoms with van der Waals surface area (Å²) < 4.78 is 47.5. The van der Waals surface area contributed by atoms with E-state index in [-0.39, 0.29) is 11.3 Å². The molecule has 0 spiro atoms. The van der Waals surface area contributed by atoms with Gasteiger partial charge in [0.1, 0.15) is 23.9 Å². The first kappa shape index (κ1) is 15.3. The van der Waals surface area contributed by atoms with Gasteiger partial charge in [0.05, 0.1) is 29.6 Å². The molecule has 0 unspecified atom stereocenters. The van der Waals surface area contributed by atoms with Crippen molar-refractivity contribution in [3.63, 3.8) is 0 Å². The van der Waals surface area contributed by atoms with Crippen molar-refractivity contribution in [3.05, 3.63) is 40.8 Å². The van der Waals surface area contributed by atoms with Crippen LogP contribution >= 0.6 is 15.9 Å². The number of nitrogens with one attached hydrogen (secondary N) is 1. The average Bonchev–Trinajstić information content (AvgIpc) is 3.12. The molecule has 0 atom stereocenters. The van der Waals surface area contributed by atoms with Gasteiger partial charge < -0.3 is 9.30 Å². The summed E-state index contributed by atoms with van der Waals surface area (Å²) in [6.07, 6.45) is -1.78. The Kier molecular flexibility index (Phi) is 3.41. The number of H-pyrrole nitrogens is 1. The Bertz CT molecular complexity index is 916. The van der Waals surface area contributed by atoms with Crippen LogP contribution in [0, 0.1) is 0 Å². The predicted octanol–water partition coefficient (Wildman–Crippen LogP) is 4.11. The number of imidazole rings is 1. The Hall–Kier alpha value is -2.29. The van der Waals surface area contributed by atoms with E-state index in [9.17, 15) is 13.2 Å². The van der Waals surface area contributed by atoms with E-state index < -0.39 is 11.9 Å². The van der Waals surface area contributed by atoms with Gasteiger partial charge in [0.25, 0.3) is 0 Å². The molecule has 124 valence electrons. The van der Waals surface area contributed by atoms with E-state index in [1.54, 1.807) is 10.8 Å². The van der Waals surface area contributed by atoms with Crippen LogP contribution < -0.4 is 4.74 Å². The summed E-state index contributed by atoms with van der Waals surface area (Å²) >= 11 is 3.39. The number of alkyl halides is 3. The number of hydrogen-bond donors (Lipinski definition) is 1. The summed E-state index contributed by atoms with van der Waals surface area (Å²) in [5, 5.41) is 5.53. The first-order chi connectivity index (χ1) is 11.4. The van der Waals surface area contributed by atoms with Gasteiger partial charge in [-0.15, -0.1) is 0 Å². The van der Waals surface area contributed by atoms with Crippen LogP contribution in [0.4, 0.5) is 13.2 Å². The second kappa shape index (κ2) is 5.37. The van der Waals surface area contributed by atoms with Gasteiger partial charge in [-0.1, -0.05) is 15.9 Å². The van der Waals surface area contributed by atoms with Gasteiger partial charge in [-0.3, -0.25) is 5.10 Å². The molecule has 1 aliphatic heterocycles. The quantitative estimate of drug-likeness (QED) is 0.670. The van der Waals surface area contributed by atoms with Crippen LogP contribution in [-0.2, 0) is 12.7 Å². The molecule has 4 rings (SSSR count). The van der Waals surface area contributed by atoms with E-state index in [1.165, 1.54) is 0 Å². The van der Waals surface area contributed by atoms with Gasteiger partial charge in [0.15, 0.2) is 0 Å². The highest BCUT2D eigenvalue weighted by molar-refractivity contribution is 9.10. The van der Waals surface area contributed by atoms with E-state index in [4.69, 9.17) is 4.74 Å². The number of benzene rings is 1. The third kappa shape index (κ3) is 2.48. The fraction of sp³-hybridized carbons (Fsp3) is 0.200. The van der Waals surface area contributed by atoms with Crippen LogP contribution in [0.15, 0.2) is 35.1 Å². The number of fused-ring (bicyclic) bond motifs is 3. The molecule has 0 saturated heterocycles. The summed E-state index contributed by atoms with van der Waals surface area (Å²) in [7, 11) is 0. The maximum atomic E-state index is 13.1. The van der Waals surface area contributed by atoms with Crippen LogP contribution in [0.2, 0.25) is 0 Å². The van der Waals surface area contributed by atoms with Gasteiger partial charge in [-0.2, -0.15) is 18.3 Å². The molecule has 0 aliphatic carbocycles. The lowest BCUT2D eigenvalue weighted by Crippen LogP contribution is -2.07. The number of halogens is 4. The number of aromatic amines is 1. The van der Waals surface area contributed by atoms with Crippen LogP contribution in [-0.4, -0.2) is 26.4 Å². The highest BCUT2D eigenvalue weighted by atomic mass is 79.9. The monoisotopic (exact) mass is 398 g/mol. The van der Waals surface area contributed by atoms with Crippen molar-refractivity contribution in [2.75, 3.05) is 6.61 Å². The molecule has 0 fully saturated rings. The van der Waals surface area contributed by atoms with Crippen LogP contribution in [0.1, 0.15) is 5.69 Å². The van der Waals surface area contributed by atoms with Crippen LogP contribution in [0.25, 0.3) is 22.6 Å². The second-order valence-corrected chi connectivity index (χ2v) is 6.20. The van der Waals surface area contributed by atoms with Crippen LogP contribution in [0.3, 0.4) is 0 Å². The molecule has 3 aromatic rings. The lowest BCUT2D eigenvalue weighted by Gasteiger charge is -2.06. The maximum Gasteiger partial charge on any atom is 0.433 e. The minimum Gasteiger partial charge on any atom is -0.491 e. The van der Waals surface area contributed by atoms with Gasteiger partial charge in [-0.25, -0.2) is 4.98 Å². The fourth-order valence-corrected chi connectivity index (χ4v) is 3.05. The minimum absolute atomic E-state index is 0.0689. The molecule has 0 amide bonds. The third-order valence-corrected chi connectivity index (χ3v) is 4.24. The number of aromatic nitrogens is 4. The summed E-state index contributed by atoms with van der Waals surface area (Å²) in [6, 6.07) is 5.49. The van der Waals surface area contributed by atoms with E-state index in [0.29, 0.717) is 24.7 Å². The van der Waals surface area contributed by atoms with Gasteiger partial charge >= 0.3 is 6.18 Å². The fourth-order valence-electron chi connectivity index (χ4n) is 2.68. The third-order valence-electron chi connectivity index (χ3n) is 3.75. The molecule has 0 saturated carbocycles. The lowest BCUT2D eigenvalue weighted by molar-refractivity contribution is -0.140. The van der Waals surface area contributed by atoms with E-state index >= 15 is 0 Å². The molecule has 9 heteroatoms. The zero-order chi connectivity index (χ0) is 16.9. The normalized spacial score (nSPS) is 13.8. The van der Waals surface area contributed by atoms with E-state index in [1.807, 2.05) is 23.3 Å². The molecule has 5 nitrogen and oxygen atoms in total. The van der Waals surface area contributed by atoms with Crippen molar-refractivity contribution < 1.29 is 17.9 Å². The predicted molar refractivity (Wildman–Crippen MR) is 83.4 cm³/mol. The van der Waals surface area contributed by atoms with Crippen molar-refractivity contribution in [3.8, 4) is 28.4 Å². The largest absolute Gasteiger partial charge is 0.491 e. The van der Waals surface area contributed by atoms with Crippen molar-refractivity contribution in [2.45, 2.75) is 12.7 Å². The Morgan fingerprint density at radius 2 is 2.08 bits per heavy atom. The highest BCUT2D eigenvalue weighted by Crippen LogP contribution is 2.38. The summed E-state index contributed by atoms with van der Waals surface area (Å²) in [5.41, 5.74) is -0.0221. The second-order valence-electron chi connectivity index (χ2n) is 5.29. The molecular weight excluding hydrogens is 389 g/mol. The number of nitrogens with zero attached hydrogens (tertiary/aromatic N) is 3. The van der Waals surface area contributed by atoms with Crippen molar-refractivity contribution >= 4 is 15.9 Å². The average molecular weight is 399 g/mol. The first-order valence-electron chi connectivity index (χ1n) is 7.04. The van der Waals surface area contributed by atoms with Gasteiger partial charge in [0, 0.05) is 10.7 Å². The SMILES string of the molecule is FC(F)(F)c1[nH]ncc1-c1cn2c(n1)-c1cc(Br)ccc1OCC2. The van der Waals surface area contributed by atoms with Crippen LogP contribution in [0.5, 0.6) is 5.75 Å². The highest BCUT2D eigenvalue weighted by Gasteiger charge is 2.36. The Labute approximate surface area is 142 Å². The van der Waals surface area contributed by atoms with E-state index in [0.717, 1.165) is 16.2 Å². The molecule has 2 aromatic heterocycles. The Morgan fingerprint density at radius 1 is 1.25 bits per heavy atom. The van der Waals surface area contributed by atoms with Crippen molar-refractivity contribution in [2.24, 2.45) is 0 Å². The molecule has 3 heterocycles. The topological polar surface area (TPSA) is 55.7 Å². The summed E-state index contributed by atoms with van der Waals surface area (Å²) in [4.78, 5) is 4.41. The minimum atomic E-state index is -4.52. The molecule has 1 aromatic carbocycles. The van der Waals surface area contributed by atoms with Crippen molar-refractivity contribution in [1.29, 1.82) is 0 Å². The van der Waals surface area contributed by atoms with Gasteiger partial charge in [0.2, 0.25) is 0 Å². The smallest absolute Gasteiger partial charge is 0.433 e. The Morgan fingerprint density at radius 3 is 2.88 bits per heavy atom. The standard InChI is InChI=1S/C15H10BrF3N4O/c16-8-1-2-12-9(5-8)14-21-11(7-23(14)3-4-24-12)10-6-20-22-13(10)15(17,18)19/h1-2,5-7H,3-4H2,(H,20,22). The molecule has 1 aliphatic rings. The lowest BCUT2D eigenvalue weighted by atomic mass is 10.2. The van der Waals surface area contributed by atoms with Crippen molar-refractivity contribution in [1.82, 2.24) is 19.7 Å². The molecule has 1 N–H and O–H groups in total.